The summed E-state index contributed by atoms with van der Waals surface area (Å²) < 4.78 is 7.10. The van der Waals surface area contributed by atoms with Gasteiger partial charge in [0.05, 0.1) is 24.6 Å². The van der Waals surface area contributed by atoms with E-state index in [-0.39, 0.29) is 0 Å². The molecule has 0 spiro atoms. The predicted molar refractivity (Wildman–Crippen MR) is 77.0 cm³/mol. The third-order valence-electron chi connectivity index (χ3n) is 3.45. The monoisotopic (exact) mass is 282 g/mol. The molecular weight excluding hydrogens is 268 g/mol. The minimum Gasteiger partial charge on any atom is -0.378 e. The SMILES string of the molecule is c1ccc(-c2ccnc3nc(N4CCOCC4)nn23)nc1. The van der Waals surface area contributed by atoms with E-state index < -0.39 is 0 Å². The second-order valence-corrected chi connectivity index (χ2v) is 4.77. The van der Waals surface area contributed by atoms with Crippen LogP contribution in [0.5, 0.6) is 0 Å². The summed E-state index contributed by atoms with van der Waals surface area (Å²) in [7, 11) is 0. The second kappa shape index (κ2) is 5.10. The molecule has 0 amide bonds. The van der Waals surface area contributed by atoms with Crippen molar-refractivity contribution in [2.24, 2.45) is 0 Å². The highest BCUT2D eigenvalue weighted by molar-refractivity contribution is 5.57. The topological polar surface area (TPSA) is 68.4 Å². The largest absolute Gasteiger partial charge is 0.378 e. The van der Waals surface area contributed by atoms with Gasteiger partial charge in [-0.2, -0.15) is 9.50 Å². The maximum atomic E-state index is 5.36. The van der Waals surface area contributed by atoms with Gasteiger partial charge in [-0.15, -0.1) is 5.10 Å². The molecule has 7 heteroatoms. The van der Waals surface area contributed by atoms with Gasteiger partial charge in [0, 0.05) is 25.5 Å². The Balaban J connectivity index is 1.80. The quantitative estimate of drug-likeness (QED) is 0.699. The van der Waals surface area contributed by atoms with E-state index in [4.69, 9.17) is 4.74 Å². The first-order valence-electron chi connectivity index (χ1n) is 6.88. The Hall–Kier alpha value is -2.54. The Bertz CT molecular complexity index is 751. The molecule has 0 N–H and O–H groups in total. The fourth-order valence-electron chi connectivity index (χ4n) is 2.39. The standard InChI is InChI=1S/C14H14N6O/c1-2-5-15-11(3-1)12-4-6-16-13-17-14(18-20(12)13)19-7-9-21-10-8-19/h1-6H,7-10H2. The first kappa shape index (κ1) is 12.2. The van der Waals surface area contributed by atoms with Gasteiger partial charge in [-0.3, -0.25) is 4.98 Å². The maximum absolute atomic E-state index is 5.36. The van der Waals surface area contributed by atoms with Crippen molar-refractivity contribution in [2.75, 3.05) is 31.2 Å². The van der Waals surface area contributed by atoms with Gasteiger partial charge in [0.15, 0.2) is 0 Å². The van der Waals surface area contributed by atoms with Crippen LogP contribution in [0, 0.1) is 0 Å². The van der Waals surface area contributed by atoms with E-state index in [1.807, 2.05) is 24.3 Å². The molecule has 3 aromatic rings. The number of anilines is 1. The van der Waals surface area contributed by atoms with Gasteiger partial charge in [-0.05, 0) is 18.2 Å². The molecule has 21 heavy (non-hydrogen) atoms. The van der Waals surface area contributed by atoms with Crippen LogP contribution in [0.15, 0.2) is 36.7 Å². The number of ether oxygens (including phenoxy) is 1. The third-order valence-corrected chi connectivity index (χ3v) is 3.45. The highest BCUT2D eigenvalue weighted by Crippen LogP contribution is 2.18. The van der Waals surface area contributed by atoms with Crippen molar-refractivity contribution in [2.45, 2.75) is 0 Å². The Labute approximate surface area is 121 Å². The van der Waals surface area contributed by atoms with Gasteiger partial charge < -0.3 is 9.64 Å². The smallest absolute Gasteiger partial charge is 0.254 e. The second-order valence-electron chi connectivity index (χ2n) is 4.77. The van der Waals surface area contributed by atoms with Gasteiger partial charge in [0.2, 0.25) is 5.95 Å². The molecule has 0 aromatic carbocycles. The minimum absolute atomic E-state index is 0.583. The molecule has 0 radical (unpaired) electrons. The molecule has 1 saturated heterocycles. The van der Waals surface area contributed by atoms with Crippen LogP contribution < -0.4 is 4.90 Å². The lowest BCUT2D eigenvalue weighted by Gasteiger charge is -2.25. The number of fused-ring (bicyclic) bond motifs is 1. The van der Waals surface area contributed by atoms with Gasteiger partial charge in [-0.25, -0.2) is 4.98 Å². The van der Waals surface area contributed by atoms with Crippen molar-refractivity contribution in [3.05, 3.63) is 36.7 Å². The Morgan fingerprint density at radius 1 is 1.00 bits per heavy atom. The Kier molecular flexibility index (Phi) is 2.97. The van der Waals surface area contributed by atoms with Crippen molar-refractivity contribution in [1.29, 1.82) is 0 Å². The van der Waals surface area contributed by atoms with Crippen LogP contribution in [-0.2, 0) is 4.74 Å². The molecule has 0 atom stereocenters. The Morgan fingerprint density at radius 2 is 1.90 bits per heavy atom. The minimum atomic E-state index is 0.583. The van der Waals surface area contributed by atoms with E-state index >= 15 is 0 Å². The molecular formula is C14H14N6O. The van der Waals surface area contributed by atoms with Crippen molar-refractivity contribution < 1.29 is 4.74 Å². The van der Waals surface area contributed by atoms with Gasteiger partial charge in [0.25, 0.3) is 5.78 Å². The number of pyridine rings is 1. The van der Waals surface area contributed by atoms with Crippen LogP contribution in [0.25, 0.3) is 17.2 Å². The fourth-order valence-corrected chi connectivity index (χ4v) is 2.39. The summed E-state index contributed by atoms with van der Waals surface area (Å²) in [6.45, 7) is 3.01. The molecule has 7 nitrogen and oxygen atoms in total. The lowest BCUT2D eigenvalue weighted by Crippen LogP contribution is -2.36. The summed E-state index contributed by atoms with van der Waals surface area (Å²) in [5, 5.41) is 4.59. The number of rotatable bonds is 2. The molecule has 1 fully saturated rings. The summed E-state index contributed by atoms with van der Waals surface area (Å²) in [6.07, 6.45) is 3.50. The molecule has 4 heterocycles. The van der Waals surface area contributed by atoms with E-state index in [0.717, 1.165) is 24.5 Å². The average molecular weight is 282 g/mol. The molecule has 1 aliphatic heterocycles. The zero-order valence-electron chi connectivity index (χ0n) is 11.4. The molecule has 1 aliphatic rings. The molecule has 3 aromatic heterocycles. The first-order chi connectivity index (χ1) is 10.4. The van der Waals surface area contributed by atoms with Crippen LogP contribution >= 0.6 is 0 Å². The van der Waals surface area contributed by atoms with E-state index in [2.05, 4.69) is 25.0 Å². The lowest BCUT2D eigenvalue weighted by atomic mass is 10.2. The summed E-state index contributed by atoms with van der Waals surface area (Å²) in [4.78, 5) is 15.3. The van der Waals surface area contributed by atoms with Crippen LogP contribution in [0.3, 0.4) is 0 Å². The van der Waals surface area contributed by atoms with Crippen molar-refractivity contribution in [3.8, 4) is 11.4 Å². The number of nitrogens with zero attached hydrogens (tertiary/aromatic N) is 6. The van der Waals surface area contributed by atoms with Crippen molar-refractivity contribution in [1.82, 2.24) is 24.6 Å². The summed E-state index contributed by atoms with van der Waals surface area (Å²) in [5.74, 6) is 1.27. The van der Waals surface area contributed by atoms with Crippen LogP contribution in [-0.4, -0.2) is 50.9 Å². The first-order valence-corrected chi connectivity index (χ1v) is 6.88. The van der Waals surface area contributed by atoms with E-state index in [9.17, 15) is 0 Å². The normalized spacial score (nSPS) is 15.5. The number of morpholine rings is 1. The predicted octanol–water partition coefficient (Wildman–Crippen LogP) is 1.02. The fraction of sp³-hybridized carbons (Fsp3) is 0.286. The van der Waals surface area contributed by atoms with Gasteiger partial charge in [0.1, 0.15) is 0 Å². The third kappa shape index (κ3) is 2.21. The average Bonchev–Trinajstić information content (AvgIpc) is 3.00. The summed E-state index contributed by atoms with van der Waals surface area (Å²) >= 11 is 0. The van der Waals surface area contributed by atoms with Crippen LogP contribution in [0.1, 0.15) is 0 Å². The molecule has 0 aliphatic carbocycles. The molecule has 0 saturated carbocycles. The van der Waals surface area contributed by atoms with E-state index in [0.29, 0.717) is 24.9 Å². The van der Waals surface area contributed by atoms with Crippen LogP contribution in [0.2, 0.25) is 0 Å². The molecule has 0 unspecified atom stereocenters. The number of hydrogen-bond donors (Lipinski definition) is 0. The van der Waals surface area contributed by atoms with E-state index in [1.54, 1.807) is 16.9 Å². The Morgan fingerprint density at radius 3 is 2.71 bits per heavy atom. The lowest BCUT2D eigenvalue weighted by molar-refractivity contribution is 0.122. The highest BCUT2D eigenvalue weighted by Gasteiger charge is 2.17. The maximum Gasteiger partial charge on any atom is 0.254 e. The summed E-state index contributed by atoms with van der Waals surface area (Å²) in [5.41, 5.74) is 1.73. The number of hydrogen-bond acceptors (Lipinski definition) is 6. The van der Waals surface area contributed by atoms with Gasteiger partial charge in [-0.1, -0.05) is 6.07 Å². The molecule has 4 rings (SSSR count). The zero-order valence-corrected chi connectivity index (χ0v) is 11.4. The number of aromatic nitrogens is 5. The molecule has 0 bridgehead atoms. The van der Waals surface area contributed by atoms with E-state index in [1.165, 1.54) is 0 Å². The highest BCUT2D eigenvalue weighted by atomic mass is 16.5. The van der Waals surface area contributed by atoms with Crippen molar-refractivity contribution >= 4 is 11.7 Å². The summed E-state index contributed by atoms with van der Waals surface area (Å²) in [6, 6.07) is 7.69. The zero-order chi connectivity index (χ0) is 14.1. The molecule has 106 valence electrons. The van der Waals surface area contributed by atoms with Crippen molar-refractivity contribution in [3.63, 3.8) is 0 Å². The van der Waals surface area contributed by atoms with Gasteiger partial charge >= 0.3 is 0 Å². The van der Waals surface area contributed by atoms with Crippen LogP contribution in [0.4, 0.5) is 5.95 Å².